The molecule has 0 aliphatic carbocycles. The number of hydrogen-bond acceptors (Lipinski definition) is 2. The van der Waals surface area contributed by atoms with Crippen molar-refractivity contribution in [2.45, 2.75) is 13.0 Å². The minimum atomic E-state index is -0.268. The van der Waals surface area contributed by atoms with Gasteiger partial charge in [0.1, 0.15) is 5.82 Å². The maximum Gasteiger partial charge on any atom is 0.129 e. The number of hydrogen-bond donors (Lipinski definition) is 1. The molecule has 1 heterocycles. The average molecular weight is 268 g/mol. The lowest BCUT2D eigenvalue weighted by molar-refractivity contribution is 0.583. The van der Waals surface area contributed by atoms with Gasteiger partial charge in [0.25, 0.3) is 0 Å². The Morgan fingerprint density at radius 1 is 1.39 bits per heavy atom. The lowest BCUT2D eigenvalue weighted by Crippen LogP contribution is -2.18. The Labute approximate surface area is 111 Å². The van der Waals surface area contributed by atoms with Gasteiger partial charge >= 0.3 is 0 Å². The number of nitrogens with zero attached hydrogens (tertiary/aromatic N) is 2. The predicted octanol–water partition coefficient (Wildman–Crippen LogP) is 2.54. The highest BCUT2D eigenvalue weighted by molar-refractivity contribution is 6.30. The molecule has 0 aliphatic rings. The van der Waals surface area contributed by atoms with E-state index in [1.807, 2.05) is 17.8 Å². The zero-order valence-corrected chi connectivity index (χ0v) is 10.9. The Balaban J connectivity index is 1.80. The van der Waals surface area contributed by atoms with Gasteiger partial charge in [0.15, 0.2) is 0 Å². The Bertz CT molecular complexity index is 525. The van der Waals surface area contributed by atoms with Crippen LogP contribution in [0.1, 0.15) is 11.3 Å². The highest BCUT2D eigenvalue weighted by Crippen LogP contribution is 2.14. The smallest absolute Gasteiger partial charge is 0.129 e. The molecule has 0 spiro atoms. The summed E-state index contributed by atoms with van der Waals surface area (Å²) >= 11 is 5.69. The predicted molar refractivity (Wildman–Crippen MR) is 70.0 cm³/mol. The van der Waals surface area contributed by atoms with Crippen LogP contribution in [0.3, 0.4) is 0 Å². The molecule has 5 heteroatoms. The summed E-state index contributed by atoms with van der Waals surface area (Å²) in [5, 5.41) is 7.72. The fourth-order valence-electron chi connectivity index (χ4n) is 1.75. The first-order chi connectivity index (χ1) is 8.66. The third kappa shape index (κ3) is 3.31. The molecule has 1 aromatic heterocycles. The number of aryl methyl sites for hydroxylation is 1. The zero-order valence-electron chi connectivity index (χ0n) is 10.2. The van der Waals surface area contributed by atoms with Gasteiger partial charge in [-0.1, -0.05) is 17.7 Å². The largest absolute Gasteiger partial charge is 0.312 e. The first kappa shape index (κ1) is 13.1. The number of halogens is 2. The van der Waals surface area contributed by atoms with Gasteiger partial charge in [-0.05, 0) is 18.2 Å². The number of benzene rings is 1. The van der Waals surface area contributed by atoms with Crippen molar-refractivity contribution in [3.8, 4) is 0 Å². The molecule has 0 fully saturated rings. The van der Waals surface area contributed by atoms with Gasteiger partial charge < -0.3 is 5.32 Å². The fraction of sp³-hybridized carbons (Fsp3) is 0.308. The molecule has 18 heavy (non-hydrogen) atoms. The van der Waals surface area contributed by atoms with Crippen LogP contribution in [0.15, 0.2) is 30.5 Å². The maximum atomic E-state index is 13.5. The lowest BCUT2D eigenvalue weighted by atomic mass is 10.2. The van der Waals surface area contributed by atoms with Crippen molar-refractivity contribution in [1.29, 1.82) is 0 Å². The van der Waals surface area contributed by atoms with Crippen LogP contribution in [0, 0.1) is 5.82 Å². The Hall–Kier alpha value is -1.39. The van der Waals surface area contributed by atoms with Gasteiger partial charge in [0, 0.05) is 49.0 Å². The van der Waals surface area contributed by atoms with E-state index in [9.17, 15) is 4.39 Å². The lowest BCUT2D eigenvalue weighted by Gasteiger charge is -2.06. The van der Waals surface area contributed by atoms with E-state index in [1.54, 1.807) is 18.3 Å². The normalized spacial score (nSPS) is 10.8. The summed E-state index contributed by atoms with van der Waals surface area (Å²) in [4.78, 5) is 0. The maximum absolute atomic E-state index is 13.5. The van der Waals surface area contributed by atoms with E-state index in [4.69, 9.17) is 11.6 Å². The van der Waals surface area contributed by atoms with Crippen LogP contribution in [-0.4, -0.2) is 16.3 Å². The van der Waals surface area contributed by atoms with E-state index >= 15 is 0 Å². The molecule has 0 atom stereocenters. The van der Waals surface area contributed by atoms with Crippen molar-refractivity contribution < 1.29 is 4.39 Å². The summed E-state index contributed by atoms with van der Waals surface area (Å²) in [6, 6.07) is 6.71. The molecule has 0 unspecified atom stereocenters. The van der Waals surface area contributed by atoms with Crippen molar-refractivity contribution >= 4 is 11.6 Å². The first-order valence-corrected chi connectivity index (χ1v) is 6.16. The van der Waals surface area contributed by atoms with Crippen molar-refractivity contribution in [2.24, 2.45) is 7.05 Å². The van der Waals surface area contributed by atoms with Crippen molar-refractivity contribution in [1.82, 2.24) is 15.1 Å². The molecule has 1 aromatic carbocycles. The van der Waals surface area contributed by atoms with E-state index in [2.05, 4.69) is 10.4 Å². The van der Waals surface area contributed by atoms with Crippen molar-refractivity contribution in [3.63, 3.8) is 0 Å². The number of aromatic nitrogens is 2. The van der Waals surface area contributed by atoms with E-state index in [-0.39, 0.29) is 5.82 Å². The van der Waals surface area contributed by atoms with Gasteiger partial charge in [-0.3, -0.25) is 4.68 Å². The summed E-state index contributed by atoms with van der Waals surface area (Å²) in [7, 11) is 1.91. The monoisotopic (exact) mass is 267 g/mol. The Morgan fingerprint density at radius 2 is 2.22 bits per heavy atom. The van der Waals surface area contributed by atoms with E-state index < -0.39 is 0 Å². The number of nitrogens with one attached hydrogen (secondary N) is 1. The SMILES string of the molecule is Cn1nccc1CCNCc1ccc(Cl)cc1F. The minimum absolute atomic E-state index is 0.268. The van der Waals surface area contributed by atoms with Crippen LogP contribution < -0.4 is 5.32 Å². The first-order valence-electron chi connectivity index (χ1n) is 5.78. The van der Waals surface area contributed by atoms with Crippen molar-refractivity contribution in [2.75, 3.05) is 6.54 Å². The number of rotatable bonds is 5. The molecule has 0 saturated carbocycles. The highest BCUT2D eigenvalue weighted by Gasteiger charge is 2.03. The van der Waals surface area contributed by atoms with E-state index in [1.165, 1.54) is 6.07 Å². The molecule has 96 valence electrons. The third-order valence-corrected chi connectivity index (χ3v) is 3.05. The van der Waals surface area contributed by atoms with Crippen LogP contribution >= 0.6 is 11.6 Å². The molecule has 3 nitrogen and oxygen atoms in total. The molecule has 1 N–H and O–H groups in total. The second kappa shape index (κ2) is 5.98. The molecule has 0 radical (unpaired) electrons. The van der Waals surface area contributed by atoms with Gasteiger partial charge in [-0.2, -0.15) is 5.10 Å². The molecule has 0 bridgehead atoms. The second-order valence-corrected chi connectivity index (χ2v) is 4.55. The standard InChI is InChI=1S/C13H15ClFN3/c1-18-12(5-7-17-18)4-6-16-9-10-2-3-11(14)8-13(10)15/h2-3,5,7-8,16H,4,6,9H2,1H3. The van der Waals surface area contributed by atoms with Gasteiger partial charge in [-0.25, -0.2) is 4.39 Å². The van der Waals surface area contributed by atoms with E-state index in [0.717, 1.165) is 18.7 Å². The Kier molecular flexibility index (Phi) is 4.33. The summed E-state index contributed by atoms with van der Waals surface area (Å²) in [6.45, 7) is 1.28. The molecular formula is C13H15ClFN3. The molecule has 0 aliphatic heterocycles. The summed E-state index contributed by atoms with van der Waals surface area (Å²) in [5.41, 5.74) is 1.78. The van der Waals surface area contributed by atoms with Crippen LogP contribution in [0.5, 0.6) is 0 Å². The molecule has 2 rings (SSSR count). The van der Waals surface area contributed by atoms with Crippen LogP contribution in [0.4, 0.5) is 4.39 Å². The zero-order chi connectivity index (χ0) is 13.0. The van der Waals surface area contributed by atoms with Gasteiger partial charge in [0.05, 0.1) is 0 Å². The Morgan fingerprint density at radius 3 is 2.89 bits per heavy atom. The van der Waals surface area contributed by atoms with E-state index in [0.29, 0.717) is 17.1 Å². The fourth-order valence-corrected chi connectivity index (χ4v) is 1.91. The third-order valence-electron chi connectivity index (χ3n) is 2.81. The second-order valence-electron chi connectivity index (χ2n) is 4.11. The molecular weight excluding hydrogens is 253 g/mol. The molecule has 2 aromatic rings. The summed E-state index contributed by atoms with van der Waals surface area (Å²) < 4.78 is 15.3. The summed E-state index contributed by atoms with van der Waals surface area (Å²) in [6.07, 6.45) is 2.64. The minimum Gasteiger partial charge on any atom is -0.312 e. The van der Waals surface area contributed by atoms with Gasteiger partial charge in [-0.15, -0.1) is 0 Å². The van der Waals surface area contributed by atoms with Crippen LogP contribution in [0.2, 0.25) is 5.02 Å². The van der Waals surface area contributed by atoms with Crippen LogP contribution in [-0.2, 0) is 20.0 Å². The van der Waals surface area contributed by atoms with Crippen LogP contribution in [0.25, 0.3) is 0 Å². The van der Waals surface area contributed by atoms with Gasteiger partial charge in [0.2, 0.25) is 0 Å². The average Bonchev–Trinajstić information content (AvgIpc) is 2.73. The molecule has 0 saturated heterocycles. The highest BCUT2D eigenvalue weighted by atomic mass is 35.5. The molecule has 0 amide bonds. The quantitative estimate of drug-likeness (QED) is 0.844. The topological polar surface area (TPSA) is 29.9 Å². The summed E-state index contributed by atoms with van der Waals surface area (Å²) in [5.74, 6) is -0.268. The van der Waals surface area contributed by atoms with Crippen molar-refractivity contribution in [3.05, 3.63) is 52.6 Å².